The summed E-state index contributed by atoms with van der Waals surface area (Å²) in [5.74, 6) is -2.94. The number of halogens is 2. The molecule has 2 rings (SSSR count). The predicted molar refractivity (Wildman–Crippen MR) is 104 cm³/mol. The molecule has 0 radical (unpaired) electrons. The number of benzene rings is 2. The van der Waals surface area contributed by atoms with Crippen molar-refractivity contribution in [2.24, 2.45) is 0 Å². The fourth-order valence-electron chi connectivity index (χ4n) is 2.39. The first kappa shape index (κ1) is 22.8. The van der Waals surface area contributed by atoms with Gasteiger partial charge in [0.05, 0.1) is 19.6 Å². The summed E-state index contributed by atoms with van der Waals surface area (Å²) in [5.41, 5.74) is 0.845. The molecule has 4 N–H and O–H groups in total. The lowest BCUT2D eigenvalue weighted by atomic mass is 10.1. The molecular formula is C20H21F2N3O5. The van der Waals surface area contributed by atoms with Gasteiger partial charge in [-0.2, -0.15) is 0 Å². The second kappa shape index (κ2) is 10.9. The summed E-state index contributed by atoms with van der Waals surface area (Å²) in [5, 5.41) is 17.4. The molecule has 1 unspecified atom stereocenters. The van der Waals surface area contributed by atoms with Crippen LogP contribution >= 0.6 is 0 Å². The minimum absolute atomic E-state index is 0.0540. The van der Waals surface area contributed by atoms with E-state index in [1.165, 1.54) is 37.4 Å². The molecule has 0 aliphatic heterocycles. The maximum absolute atomic E-state index is 13.2. The highest BCUT2D eigenvalue weighted by Gasteiger charge is 2.13. The number of aliphatic hydroxyl groups is 1. The van der Waals surface area contributed by atoms with Crippen LogP contribution < -0.4 is 16.0 Å². The fourth-order valence-corrected chi connectivity index (χ4v) is 2.39. The van der Waals surface area contributed by atoms with Gasteiger partial charge < -0.3 is 25.8 Å². The molecule has 0 aromatic heterocycles. The largest absolute Gasteiger partial charge is 0.469 e. The minimum Gasteiger partial charge on any atom is -0.469 e. The number of esters is 1. The number of hydrogen-bond acceptors (Lipinski definition) is 5. The van der Waals surface area contributed by atoms with Crippen LogP contribution in [0.1, 0.15) is 28.4 Å². The highest BCUT2D eigenvalue weighted by Crippen LogP contribution is 2.16. The van der Waals surface area contributed by atoms with Crippen LogP contribution in [0, 0.1) is 11.6 Å². The molecule has 30 heavy (non-hydrogen) atoms. The van der Waals surface area contributed by atoms with Crippen molar-refractivity contribution in [1.82, 2.24) is 10.6 Å². The summed E-state index contributed by atoms with van der Waals surface area (Å²) in [6, 6.07) is 8.30. The van der Waals surface area contributed by atoms with Crippen LogP contribution in [-0.2, 0) is 9.53 Å². The lowest BCUT2D eigenvalue weighted by Gasteiger charge is -2.13. The van der Waals surface area contributed by atoms with E-state index in [1.807, 2.05) is 0 Å². The van der Waals surface area contributed by atoms with Crippen LogP contribution in [0.4, 0.5) is 19.3 Å². The van der Waals surface area contributed by atoms with Crippen LogP contribution in [0.5, 0.6) is 0 Å². The normalized spacial score (nSPS) is 11.3. The minimum atomic E-state index is -1.22. The van der Waals surface area contributed by atoms with Gasteiger partial charge in [0.15, 0.2) is 11.6 Å². The smallest absolute Gasteiger partial charge is 0.319 e. The van der Waals surface area contributed by atoms with Crippen LogP contribution in [-0.4, -0.2) is 43.2 Å². The number of nitrogens with one attached hydrogen (secondary N) is 3. The summed E-state index contributed by atoms with van der Waals surface area (Å²) in [7, 11) is 1.26. The Morgan fingerprint density at radius 2 is 1.73 bits per heavy atom. The monoisotopic (exact) mass is 421 g/mol. The Hall–Kier alpha value is -3.53. The molecule has 8 nitrogen and oxygen atoms in total. The average Bonchev–Trinajstić information content (AvgIpc) is 2.74. The molecule has 3 amide bonds. The van der Waals surface area contributed by atoms with Crippen LogP contribution in [0.3, 0.4) is 0 Å². The quantitative estimate of drug-likeness (QED) is 0.487. The highest BCUT2D eigenvalue weighted by molar-refractivity contribution is 5.95. The fraction of sp³-hybridized carbons (Fsp3) is 0.250. The number of amides is 3. The number of hydrogen-bond donors (Lipinski definition) is 4. The van der Waals surface area contributed by atoms with Crippen molar-refractivity contribution < 1.29 is 33.0 Å². The Morgan fingerprint density at radius 3 is 2.37 bits per heavy atom. The van der Waals surface area contributed by atoms with Crippen molar-refractivity contribution in [3.8, 4) is 0 Å². The van der Waals surface area contributed by atoms with Gasteiger partial charge in [0.1, 0.15) is 0 Å². The van der Waals surface area contributed by atoms with E-state index in [-0.39, 0.29) is 31.0 Å². The lowest BCUT2D eigenvalue weighted by Crippen LogP contribution is -2.32. The molecule has 0 saturated heterocycles. The van der Waals surface area contributed by atoms with Gasteiger partial charge in [-0.05, 0) is 42.0 Å². The number of aliphatic hydroxyl groups excluding tert-OH is 1. The molecule has 10 heteroatoms. The zero-order chi connectivity index (χ0) is 22.1. The third-order valence-corrected chi connectivity index (χ3v) is 4.03. The van der Waals surface area contributed by atoms with E-state index < -0.39 is 29.7 Å². The zero-order valence-electron chi connectivity index (χ0n) is 16.1. The van der Waals surface area contributed by atoms with Gasteiger partial charge in [0.2, 0.25) is 0 Å². The summed E-state index contributed by atoms with van der Waals surface area (Å²) in [4.78, 5) is 34.9. The standard InChI is InChI=1S/C20H21F2N3O5/c1-30-18(27)8-9-23-19(28)12-2-5-14(6-3-12)25-20(29)24-11-17(26)13-4-7-15(21)16(22)10-13/h2-7,10,17,26H,8-9,11H2,1H3,(H,23,28)(H2,24,25,29). The topological polar surface area (TPSA) is 117 Å². The van der Waals surface area contributed by atoms with E-state index >= 15 is 0 Å². The molecule has 0 saturated carbocycles. The molecule has 2 aromatic rings. The first-order chi connectivity index (χ1) is 14.3. The molecule has 0 spiro atoms. The Kier molecular flexibility index (Phi) is 8.24. The molecule has 2 aromatic carbocycles. The van der Waals surface area contributed by atoms with Gasteiger partial charge in [-0.3, -0.25) is 9.59 Å². The highest BCUT2D eigenvalue weighted by atomic mass is 19.2. The molecule has 160 valence electrons. The van der Waals surface area contributed by atoms with Gasteiger partial charge in [-0.15, -0.1) is 0 Å². The summed E-state index contributed by atoms with van der Waals surface area (Å²) < 4.78 is 30.6. The molecule has 0 heterocycles. The van der Waals surface area contributed by atoms with Crippen molar-refractivity contribution in [3.63, 3.8) is 0 Å². The van der Waals surface area contributed by atoms with E-state index in [9.17, 15) is 28.3 Å². The molecule has 0 bridgehead atoms. The molecular weight excluding hydrogens is 400 g/mol. The van der Waals surface area contributed by atoms with Crippen molar-refractivity contribution in [3.05, 3.63) is 65.2 Å². The summed E-state index contributed by atoms with van der Waals surface area (Å²) in [6.07, 6.45) is -1.17. The van der Waals surface area contributed by atoms with Crippen molar-refractivity contribution in [2.75, 3.05) is 25.5 Å². The number of carbonyl (C=O) groups excluding carboxylic acids is 3. The van der Waals surface area contributed by atoms with E-state index in [0.717, 1.165) is 12.1 Å². The maximum Gasteiger partial charge on any atom is 0.319 e. The Bertz CT molecular complexity index is 906. The maximum atomic E-state index is 13.2. The number of rotatable bonds is 8. The second-order valence-corrected chi connectivity index (χ2v) is 6.18. The molecule has 0 aliphatic rings. The SMILES string of the molecule is COC(=O)CCNC(=O)c1ccc(NC(=O)NCC(O)c2ccc(F)c(F)c2)cc1. The number of methoxy groups -OCH3 is 1. The van der Waals surface area contributed by atoms with Crippen LogP contribution in [0.15, 0.2) is 42.5 Å². The Labute approximate surface area is 171 Å². The Balaban J connectivity index is 1.80. The zero-order valence-corrected chi connectivity index (χ0v) is 16.1. The van der Waals surface area contributed by atoms with Gasteiger partial charge in [-0.1, -0.05) is 6.07 Å². The van der Waals surface area contributed by atoms with Gasteiger partial charge in [0.25, 0.3) is 5.91 Å². The van der Waals surface area contributed by atoms with Gasteiger partial charge in [-0.25, -0.2) is 13.6 Å². The number of anilines is 1. The molecule has 0 aliphatic carbocycles. The second-order valence-electron chi connectivity index (χ2n) is 6.18. The number of ether oxygens (including phenoxy) is 1. The van der Waals surface area contributed by atoms with Gasteiger partial charge >= 0.3 is 12.0 Å². The van der Waals surface area contributed by atoms with Crippen LogP contribution in [0.2, 0.25) is 0 Å². The summed E-state index contributed by atoms with van der Waals surface area (Å²) in [6.45, 7) is -0.0915. The van der Waals surface area contributed by atoms with Gasteiger partial charge in [0, 0.05) is 24.3 Å². The van der Waals surface area contributed by atoms with Crippen molar-refractivity contribution >= 4 is 23.6 Å². The van der Waals surface area contributed by atoms with E-state index in [0.29, 0.717) is 11.3 Å². The first-order valence-electron chi connectivity index (χ1n) is 8.93. The number of urea groups is 1. The summed E-state index contributed by atoms with van der Waals surface area (Å²) >= 11 is 0. The third-order valence-electron chi connectivity index (χ3n) is 4.03. The first-order valence-corrected chi connectivity index (χ1v) is 8.93. The third kappa shape index (κ3) is 6.82. The van der Waals surface area contributed by atoms with E-state index in [1.54, 1.807) is 0 Å². The predicted octanol–water partition coefficient (Wildman–Crippen LogP) is 2.11. The lowest BCUT2D eigenvalue weighted by molar-refractivity contribution is -0.140. The van der Waals surface area contributed by atoms with Crippen molar-refractivity contribution in [1.29, 1.82) is 0 Å². The average molecular weight is 421 g/mol. The number of carbonyl (C=O) groups is 3. The molecule has 1 atom stereocenters. The van der Waals surface area contributed by atoms with E-state index in [4.69, 9.17) is 0 Å². The van der Waals surface area contributed by atoms with E-state index in [2.05, 4.69) is 20.7 Å². The molecule has 0 fully saturated rings. The Morgan fingerprint density at radius 1 is 1.03 bits per heavy atom. The van der Waals surface area contributed by atoms with Crippen LogP contribution in [0.25, 0.3) is 0 Å². The van der Waals surface area contributed by atoms with Crippen molar-refractivity contribution in [2.45, 2.75) is 12.5 Å².